The van der Waals surface area contributed by atoms with Gasteiger partial charge in [0.2, 0.25) is 10.0 Å². The minimum absolute atomic E-state index is 0.0993. The maximum absolute atomic E-state index is 13.2. The fourth-order valence-electron chi connectivity index (χ4n) is 3.18. The molecule has 9 heteroatoms. The summed E-state index contributed by atoms with van der Waals surface area (Å²) in [6.07, 6.45) is -3.20. The topological polar surface area (TPSA) is 53.5 Å². The molecular weight excluding hydrogens is 391 g/mol. The number of nitrogens with zero attached hydrogens (tertiary/aromatic N) is 3. The van der Waals surface area contributed by atoms with E-state index in [1.807, 2.05) is 13.8 Å². The fourth-order valence-corrected chi connectivity index (χ4v) is 4.61. The molecule has 0 N–H and O–H groups in total. The molecule has 0 bridgehead atoms. The maximum atomic E-state index is 13.2. The molecule has 0 spiro atoms. The standard InChI is InChI=1S/C19H22F3N3O2S/c1-14(2)15-5-7-16(8-6-15)28(26,27)25-12-10-24(11-13-25)18-17(19(20,21)22)4-3-9-23-18/h3-9,14H,10-13H2,1-2H3. The Kier molecular flexibility index (Phi) is 5.67. The van der Waals surface area contributed by atoms with Gasteiger partial charge in [0.1, 0.15) is 5.82 Å². The highest BCUT2D eigenvalue weighted by Gasteiger charge is 2.37. The zero-order valence-electron chi connectivity index (χ0n) is 15.6. The SMILES string of the molecule is CC(C)c1ccc(S(=O)(=O)N2CCN(c3ncccc3C(F)(F)F)CC2)cc1. The monoisotopic (exact) mass is 413 g/mol. The van der Waals surface area contributed by atoms with Gasteiger partial charge >= 0.3 is 6.18 Å². The highest BCUT2D eigenvalue weighted by atomic mass is 32.2. The predicted molar refractivity (Wildman–Crippen MR) is 101 cm³/mol. The molecular formula is C19H22F3N3O2S. The molecule has 1 aliphatic rings. The number of hydrogen-bond acceptors (Lipinski definition) is 4. The van der Waals surface area contributed by atoms with Crippen molar-refractivity contribution in [2.45, 2.75) is 30.8 Å². The highest BCUT2D eigenvalue weighted by Crippen LogP contribution is 2.35. The zero-order chi connectivity index (χ0) is 20.5. The summed E-state index contributed by atoms with van der Waals surface area (Å²) in [6, 6.07) is 8.97. The van der Waals surface area contributed by atoms with E-state index in [0.717, 1.165) is 11.6 Å². The van der Waals surface area contributed by atoms with Gasteiger partial charge in [-0.05, 0) is 35.7 Å². The lowest BCUT2D eigenvalue weighted by atomic mass is 10.0. The van der Waals surface area contributed by atoms with E-state index in [4.69, 9.17) is 0 Å². The summed E-state index contributed by atoms with van der Waals surface area (Å²) in [5, 5.41) is 0. The predicted octanol–water partition coefficient (Wildman–Crippen LogP) is 3.73. The van der Waals surface area contributed by atoms with Crippen LogP contribution in [-0.2, 0) is 16.2 Å². The first-order valence-electron chi connectivity index (χ1n) is 8.98. The molecule has 5 nitrogen and oxygen atoms in total. The van der Waals surface area contributed by atoms with Crippen LogP contribution in [0.3, 0.4) is 0 Å². The van der Waals surface area contributed by atoms with Crippen LogP contribution in [0, 0.1) is 0 Å². The van der Waals surface area contributed by atoms with Gasteiger partial charge in [0.15, 0.2) is 0 Å². The van der Waals surface area contributed by atoms with Crippen molar-refractivity contribution < 1.29 is 21.6 Å². The molecule has 0 saturated carbocycles. The Bertz CT molecular complexity index is 920. The van der Waals surface area contributed by atoms with Crippen molar-refractivity contribution in [2.75, 3.05) is 31.1 Å². The number of alkyl halides is 3. The first kappa shape index (κ1) is 20.6. The molecule has 1 fully saturated rings. The summed E-state index contributed by atoms with van der Waals surface area (Å²) in [4.78, 5) is 5.55. The van der Waals surface area contributed by atoms with Gasteiger partial charge in [-0.25, -0.2) is 13.4 Å². The van der Waals surface area contributed by atoms with E-state index >= 15 is 0 Å². The number of pyridine rings is 1. The van der Waals surface area contributed by atoms with Crippen LogP contribution in [0.4, 0.5) is 19.0 Å². The summed E-state index contributed by atoms with van der Waals surface area (Å²) in [7, 11) is -3.68. The van der Waals surface area contributed by atoms with Crippen molar-refractivity contribution in [1.82, 2.24) is 9.29 Å². The van der Waals surface area contributed by atoms with Gasteiger partial charge in [-0.1, -0.05) is 26.0 Å². The molecule has 1 aromatic heterocycles. The lowest BCUT2D eigenvalue weighted by Crippen LogP contribution is -2.49. The van der Waals surface area contributed by atoms with Crippen LogP contribution in [0.5, 0.6) is 0 Å². The Morgan fingerprint density at radius 1 is 1.00 bits per heavy atom. The lowest BCUT2D eigenvalue weighted by molar-refractivity contribution is -0.137. The van der Waals surface area contributed by atoms with E-state index in [1.54, 1.807) is 24.3 Å². The normalized spacial score (nSPS) is 16.6. The molecule has 0 aliphatic carbocycles. The van der Waals surface area contributed by atoms with Gasteiger partial charge in [0.05, 0.1) is 10.5 Å². The molecule has 2 aromatic rings. The third-order valence-corrected chi connectivity index (χ3v) is 6.73. The number of benzene rings is 1. The molecule has 0 atom stereocenters. The van der Waals surface area contributed by atoms with Gasteiger partial charge in [-0.15, -0.1) is 0 Å². The van der Waals surface area contributed by atoms with Crippen LogP contribution in [0.2, 0.25) is 0 Å². The average molecular weight is 413 g/mol. The van der Waals surface area contributed by atoms with Crippen LogP contribution in [0.15, 0.2) is 47.5 Å². The lowest BCUT2D eigenvalue weighted by Gasteiger charge is -2.35. The summed E-state index contributed by atoms with van der Waals surface area (Å²) in [5.74, 6) is 0.134. The number of aromatic nitrogens is 1. The molecule has 1 aromatic carbocycles. The van der Waals surface area contributed by atoms with Crippen LogP contribution in [-0.4, -0.2) is 43.9 Å². The van der Waals surface area contributed by atoms with E-state index < -0.39 is 21.8 Å². The second kappa shape index (κ2) is 7.71. The Balaban J connectivity index is 1.75. The second-order valence-electron chi connectivity index (χ2n) is 6.99. The number of hydrogen-bond donors (Lipinski definition) is 0. The molecule has 28 heavy (non-hydrogen) atoms. The van der Waals surface area contributed by atoms with E-state index in [0.29, 0.717) is 5.92 Å². The van der Waals surface area contributed by atoms with Crippen molar-refractivity contribution in [3.63, 3.8) is 0 Å². The number of rotatable bonds is 4. The average Bonchev–Trinajstić information content (AvgIpc) is 2.67. The maximum Gasteiger partial charge on any atom is 0.419 e. The summed E-state index contributed by atoms with van der Waals surface area (Å²) in [5.41, 5.74) is 0.231. The third-order valence-electron chi connectivity index (χ3n) is 4.81. The number of piperazine rings is 1. The molecule has 0 unspecified atom stereocenters. The van der Waals surface area contributed by atoms with Gasteiger partial charge in [-0.3, -0.25) is 0 Å². The fraction of sp³-hybridized carbons (Fsp3) is 0.421. The number of halogens is 3. The Morgan fingerprint density at radius 2 is 1.61 bits per heavy atom. The smallest absolute Gasteiger partial charge is 0.353 e. The van der Waals surface area contributed by atoms with E-state index in [-0.39, 0.29) is 36.9 Å². The largest absolute Gasteiger partial charge is 0.419 e. The molecule has 152 valence electrons. The summed E-state index contributed by atoms with van der Waals surface area (Å²) in [6.45, 7) is 4.53. The zero-order valence-corrected chi connectivity index (χ0v) is 16.5. The van der Waals surface area contributed by atoms with Crippen LogP contribution in [0.1, 0.15) is 30.9 Å². The van der Waals surface area contributed by atoms with Crippen molar-refractivity contribution >= 4 is 15.8 Å². The third kappa shape index (κ3) is 4.15. The van der Waals surface area contributed by atoms with Crippen molar-refractivity contribution in [1.29, 1.82) is 0 Å². The second-order valence-corrected chi connectivity index (χ2v) is 8.93. The van der Waals surface area contributed by atoms with E-state index in [1.165, 1.54) is 21.5 Å². The van der Waals surface area contributed by atoms with E-state index in [2.05, 4.69) is 4.98 Å². The van der Waals surface area contributed by atoms with Gasteiger partial charge < -0.3 is 4.90 Å². The van der Waals surface area contributed by atoms with Gasteiger partial charge in [-0.2, -0.15) is 17.5 Å². The Morgan fingerprint density at radius 3 is 2.14 bits per heavy atom. The van der Waals surface area contributed by atoms with E-state index in [9.17, 15) is 21.6 Å². The first-order chi connectivity index (χ1) is 13.1. The molecule has 0 radical (unpaired) electrons. The van der Waals surface area contributed by atoms with Crippen molar-refractivity contribution in [3.8, 4) is 0 Å². The van der Waals surface area contributed by atoms with Gasteiger partial charge in [0.25, 0.3) is 0 Å². The van der Waals surface area contributed by atoms with Crippen LogP contribution < -0.4 is 4.90 Å². The number of sulfonamides is 1. The summed E-state index contributed by atoms with van der Waals surface area (Å²) < 4.78 is 66.6. The van der Waals surface area contributed by atoms with Crippen LogP contribution in [0.25, 0.3) is 0 Å². The van der Waals surface area contributed by atoms with Crippen molar-refractivity contribution in [2.24, 2.45) is 0 Å². The quantitative estimate of drug-likeness (QED) is 0.766. The molecule has 3 rings (SSSR count). The van der Waals surface area contributed by atoms with Gasteiger partial charge in [0, 0.05) is 32.4 Å². The molecule has 2 heterocycles. The Labute approximate surface area is 162 Å². The molecule has 1 saturated heterocycles. The van der Waals surface area contributed by atoms with Crippen LogP contribution >= 0.6 is 0 Å². The molecule has 0 amide bonds. The van der Waals surface area contributed by atoms with Crippen molar-refractivity contribution in [3.05, 3.63) is 53.7 Å². The molecule has 1 aliphatic heterocycles. The summed E-state index contributed by atoms with van der Waals surface area (Å²) >= 11 is 0. The first-order valence-corrected chi connectivity index (χ1v) is 10.4. The Hall–Kier alpha value is -2.13. The minimum atomic E-state index is -4.51. The minimum Gasteiger partial charge on any atom is -0.353 e. The number of anilines is 1. The highest BCUT2D eigenvalue weighted by molar-refractivity contribution is 7.89.